The lowest BCUT2D eigenvalue weighted by atomic mass is 9.86. The fraction of sp³-hybridized carbons (Fsp3) is 0.533. The first-order valence-electron chi connectivity index (χ1n) is 13.0. The Morgan fingerprint density at radius 2 is 1.91 bits per heavy atom. The molecule has 2 atom stereocenters. The zero-order valence-corrected chi connectivity index (χ0v) is 21.4. The van der Waals surface area contributed by atoms with E-state index in [1.54, 1.807) is 0 Å². The SMILES string of the molecule is C=C/C=C(\C=C(C)C)c1[nH]c2ccc(C3CCN(C4CCNC(C)C4)CC3)cc2c1C(C)C. The highest BCUT2D eigenvalue weighted by Gasteiger charge is 2.29. The van der Waals surface area contributed by atoms with Gasteiger partial charge in [-0.05, 0) is 107 Å². The fourth-order valence-electron chi connectivity index (χ4n) is 5.99. The van der Waals surface area contributed by atoms with Gasteiger partial charge in [-0.25, -0.2) is 0 Å². The normalized spacial score (nSPS) is 23.3. The third-order valence-electron chi connectivity index (χ3n) is 7.58. The summed E-state index contributed by atoms with van der Waals surface area (Å²) >= 11 is 0. The van der Waals surface area contributed by atoms with Crippen molar-refractivity contribution in [2.24, 2.45) is 0 Å². The van der Waals surface area contributed by atoms with Crippen LogP contribution < -0.4 is 5.32 Å². The van der Waals surface area contributed by atoms with Crippen molar-refractivity contribution in [3.05, 3.63) is 65.4 Å². The van der Waals surface area contributed by atoms with Crippen LogP contribution in [0.15, 0.2) is 48.6 Å². The second-order valence-corrected chi connectivity index (χ2v) is 10.8. The van der Waals surface area contributed by atoms with Crippen LogP contribution in [0.2, 0.25) is 0 Å². The molecular weight excluding hydrogens is 402 g/mol. The number of aromatic nitrogens is 1. The number of nitrogens with zero attached hydrogens (tertiary/aromatic N) is 1. The Morgan fingerprint density at radius 3 is 2.55 bits per heavy atom. The van der Waals surface area contributed by atoms with Gasteiger partial charge in [-0.3, -0.25) is 0 Å². The first-order valence-corrected chi connectivity index (χ1v) is 13.0. The first kappa shape index (κ1) is 24.0. The second kappa shape index (κ2) is 10.4. The molecule has 0 radical (unpaired) electrons. The van der Waals surface area contributed by atoms with Crippen LogP contribution in [-0.4, -0.2) is 41.6 Å². The van der Waals surface area contributed by atoms with E-state index in [4.69, 9.17) is 0 Å². The molecule has 0 amide bonds. The van der Waals surface area contributed by atoms with Crippen molar-refractivity contribution in [3.63, 3.8) is 0 Å². The summed E-state index contributed by atoms with van der Waals surface area (Å²) in [6.07, 6.45) is 11.4. The zero-order chi connectivity index (χ0) is 23.5. The summed E-state index contributed by atoms with van der Waals surface area (Å²) in [6.45, 7) is 18.9. The highest BCUT2D eigenvalue weighted by molar-refractivity contribution is 5.92. The number of fused-ring (bicyclic) bond motifs is 1. The molecule has 0 bridgehead atoms. The number of allylic oxidation sites excluding steroid dienone is 5. The van der Waals surface area contributed by atoms with E-state index in [9.17, 15) is 0 Å². The number of likely N-dealkylation sites (tertiary alicyclic amines) is 1. The molecule has 0 saturated carbocycles. The van der Waals surface area contributed by atoms with E-state index < -0.39 is 0 Å². The van der Waals surface area contributed by atoms with Crippen LogP contribution in [-0.2, 0) is 0 Å². The molecular formula is C30H43N3. The van der Waals surface area contributed by atoms with E-state index >= 15 is 0 Å². The van der Waals surface area contributed by atoms with Gasteiger partial charge in [0, 0.05) is 28.7 Å². The van der Waals surface area contributed by atoms with Crippen LogP contribution in [0.3, 0.4) is 0 Å². The summed E-state index contributed by atoms with van der Waals surface area (Å²) in [5, 5.41) is 5.00. The molecule has 1 aromatic carbocycles. The van der Waals surface area contributed by atoms with Crippen LogP contribution in [0, 0.1) is 0 Å². The van der Waals surface area contributed by atoms with Gasteiger partial charge in [-0.1, -0.05) is 50.3 Å². The number of hydrogen-bond acceptors (Lipinski definition) is 2. The van der Waals surface area contributed by atoms with E-state index in [1.165, 1.54) is 84.2 Å². The van der Waals surface area contributed by atoms with E-state index in [0.29, 0.717) is 17.9 Å². The highest BCUT2D eigenvalue weighted by Crippen LogP contribution is 2.37. The Kier molecular flexibility index (Phi) is 7.61. The third-order valence-corrected chi connectivity index (χ3v) is 7.58. The van der Waals surface area contributed by atoms with Crippen LogP contribution in [0.25, 0.3) is 16.5 Å². The van der Waals surface area contributed by atoms with Crippen LogP contribution in [0.5, 0.6) is 0 Å². The van der Waals surface area contributed by atoms with Gasteiger partial charge in [0.2, 0.25) is 0 Å². The largest absolute Gasteiger partial charge is 0.354 e. The summed E-state index contributed by atoms with van der Waals surface area (Å²) in [6, 6.07) is 8.61. The van der Waals surface area contributed by atoms with Gasteiger partial charge < -0.3 is 15.2 Å². The molecule has 2 saturated heterocycles. The predicted molar refractivity (Wildman–Crippen MR) is 144 cm³/mol. The van der Waals surface area contributed by atoms with E-state index in [1.807, 2.05) is 6.08 Å². The molecule has 3 heteroatoms. The lowest BCUT2D eigenvalue weighted by Gasteiger charge is -2.41. The molecule has 178 valence electrons. The van der Waals surface area contributed by atoms with Crippen molar-refractivity contribution >= 4 is 16.5 Å². The summed E-state index contributed by atoms with van der Waals surface area (Å²) in [7, 11) is 0. The maximum Gasteiger partial charge on any atom is 0.0499 e. The number of H-pyrrole nitrogens is 1. The summed E-state index contributed by atoms with van der Waals surface area (Å²) in [4.78, 5) is 6.52. The smallest absolute Gasteiger partial charge is 0.0499 e. The van der Waals surface area contributed by atoms with Gasteiger partial charge in [0.1, 0.15) is 0 Å². The minimum atomic E-state index is 0.450. The Morgan fingerprint density at radius 1 is 1.15 bits per heavy atom. The maximum absolute atomic E-state index is 3.95. The zero-order valence-electron chi connectivity index (χ0n) is 21.4. The topological polar surface area (TPSA) is 31.1 Å². The Hall–Kier alpha value is -2.10. The predicted octanol–water partition coefficient (Wildman–Crippen LogP) is 7.15. The fourth-order valence-corrected chi connectivity index (χ4v) is 5.99. The number of aromatic amines is 1. The van der Waals surface area contributed by atoms with Crippen molar-refractivity contribution in [2.45, 2.75) is 84.2 Å². The average molecular weight is 446 g/mol. The van der Waals surface area contributed by atoms with Gasteiger partial charge in [0.05, 0.1) is 0 Å². The number of benzene rings is 1. The molecule has 0 aliphatic carbocycles. The molecule has 2 fully saturated rings. The van der Waals surface area contributed by atoms with E-state index in [2.05, 4.69) is 86.7 Å². The molecule has 2 unspecified atom stereocenters. The van der Waals surface area contributed by atoms with E-state index in [-0.39, 0.29) is 0 Å². The molecule has 3 heterocycles. The lowest BCUT2D eigenvalue weighted by molar-refractivity contribution is 0.115. The molecule has 33 heavy (non-hydrogen) atoms. The van der Waals surface area contributed by atoms with Crippen molar-refractivity contribution in [2.75, 3.05) is 19.6 Å². The number of piperidine rings is 2. The van der Waals surface area contributed by atoms with Gasteiger partial charge in [0.25, 0.3) is 0 Å². The Bertz CT molecular complexity index is 1030. The van der Waals surface area contributed by atoms with Gasteiger partial charge in [-0.15, -0.1) is 0 Å². The van der Waals surface area contributed by atoms with Gasteiger partial charge in [-0.2, -0.15) is 0 Å². The molecule has 2 N–H and O–H groups in total. The van der Waals surface area contributed by atoms with Gasteiger partial charge >= 0.3 is 0 Å². The molecule has 3 nitrogen and oxygen atoms in total. The lowest BCUT2D eigenvalue weighted by Crippen LogP contribution is -2.49. The van der Waals surface area contributed by atoms with Crippen molar-refractivity contribution in [1.82, 2.24) is 15.2 Å². The average Bonchev–Trinajstić information content (AvgIpc) is 3.18. The summed E-state index contributed by atoms with van der Waals surface area (Å²) in [5.41, 5.74) is 7.95. The van der Waals surface area contributed by atoms with Gasteiger partial charge in [0.15, 0.2) is 0 Å². The molecule has 2 aliphatic heterocycles. The summed E-state index contributed by atoms with van der Waals surface area (Å²) < 4.78 is 0. The Labute approximate surface area is 201 Å². The van der Waals surface area contributed by atoms with E-state index in [0.717, 1.165) is 6.04 Å². The minimum Gasteiger partial charge on any atom is -0.354 e. The minimum absolute atomic E-state index is 0.450. The van der Waals surface area contributed by atoms with Crippen LogP contribution in [0.1, 0.15) is 89.0 Å². The first-order chi connectivity index (χ1) is 15.9. The number of hydrogen-bond donors (Lipinski definition) is 2. The van der Waals surface area contributed by atoms with Crippen molar-refractivity contribution in [1.29, 1.82) is 0 Å². The number of nitrogens with one attached hydrogen (secondary N) is 2. The molecule has 2 aromatic rings. The number of rotatable bonds is 6. The molecule has 1 aromatic heterocycles. The quantitative estimate of drug-likeness (QED) is 0.463. The third kappa shape index (κ3) is 5.36. The second-order valence-electron chi connectivity index (χ2n) is 10.8. The molecule has 0 spiro atoms. The molecule has 4 rings (SSSR count). The Balaban J connectivity index is 1.59. The maximum atomic E-state index is 3.95. The van der Waals surface area contributed by atoms with Crippen LogP contribution in [0.4, 0.5) is 0 Å². The highest BCUT2D eigenvalue weighted by atomic mass is 15.2. The summed E-state index contributed by atoms with van der Waals surface area (Å²) in [5.74, 6) is 1.12. The van der Waals surface area contributed by atoms with Crippen molar-refractivity contribution < 1.29 is 0 Å². The monoisotopic (exact) mass is 445 g/mol. The molecule has 2 aliphatic rings. The van der Waals surface area contributed by atoms with Crippen LogP contribution >= 0.6 is 0 Å². The standard InChI is InChI=1S/C30H43N3/c1-7-8-25(17-20(2)3)30-29(21(4)5)27-19-24(9-10-28(27)32-30)23-12-15-33(16-13-23)26-11-14-31-22(6)18-26/h7-10,17,19,21-23,26,31-32H,1,11-16,18H2,2-6H3/b25-8+. The van der Waals surface area contributed by atoms with Crippen molar-refractivity contribution in [3.8, 4) is 0 Å².